The van der Waals surface area contributed by atoms with Gasteiger partial charge in [0.25, 0.3) is 5.91 Å². The number of carbonyl (C=O) groups is 1. The fourth-order valence-electron chi connectivity index (χ4n) is 3.98. The van der Waals surface area contributed by atoms with E-state index in [0.29, 0.717) is 5.56 Å². The smallest absolute Gasteiger partial charge is 0.255 e. The first-order valence-corrected chi connectivity index (χ1v) is 10.3. The van der Waals surface area contributed by atoms with Crippen LogP contribution in [0.15, 0.2) is 48.7 Å². The molecule has 0 N–H and O–H groups in total. The van der Waals surface area contributed by atoms with Crippen molar-refractivity contribution in [1.82, 2.24) is 14.8 Å². The number of benzene rings is 1. The third kappa shape index (κ3) is 4.12. The van der Waals surface area contributed by atoms with Gasteiger partial charge in [-0.1, -0.05) is 25.1 Å². The van der Waals surface area contributed by atoms with Crippen molar-refractivity contribution in [2.45, 2.75) is 6.92 Å². The Morgan fingerprint density at radius 1 is 0.857 bits per heavy atom. The molecule has 0 spiro atoms. The molecule has 2 saturated heterocycles. The number of anilines is 2. The summed E-state index contributed by atoms with van der Waals surface area (Å²) in [5, 5.41) is 0. The van der Waals surface area contributed by atoms with Gasteiger partial charge in [0.15, 0.2) is 0 Å². The zero-order valence-corrected chi connectivity index (χ0v) is 16.6. The lowest BCUT2D eigenvalue weighted by molar-refractivity contribution is 0.0746. The Kier molecular flexibility index (Phi) is 5.76. The van der Waals surface area contributed by atoms with E-state index in [1.54, 1.807) is 6.20 Å². The normalized spacial score (nSPS) is 18.4. The predicted octanol–water partition coefficient (Wildman–Crippen LogP) is 2.19. The minimum absolute atomic E-state index is 0.0857. The summed E-state index contributed by atoms with van der Waals surface area (Å²) in [6, 6.07) is 14.3. The van der Waals surface area contributed by atoms with Gasteiger partial charge in [-0.05, 0) is 30.8 Å². The van der Waals surface area contributed by atoms with Gasteiger partial charge < -0.3 is 19.6 Å². The van der Waals surface area contributed by atoms with Crippen molar-refractivity contribution < 1.29 is 4.79 Å². The number of hydrogen-bond donors (Lipinski definition) is 0. The van der Waals surface area contributed by atoms with Crippen LogP contribution in [0.3, 0.4) is 0 Å². The van der Waals surface area contributed by atoms with Crippen molar-refractivity contribution in [2.24, 2.45) is 0 Å². The van der Waals surface area contributed by atoms with Crippen LogP contribution in [0.5, 0.6) is 0 Å². The Morgan fingerprint density at radius 3 is 2.14 bits per heavy atom. The number of para-hydroxylation sites is 1. The van der Waals surface area contributed by atoms with Crippen LogP contribution in [0.25, 0.3) is 0 Å². The molecule has 0 bridgehead atoms. The molecule has 28 heavy (non-hydrogen) atoms. The summed E-state index contributed by atoms with van der Waals surface area (Å²) in [7, 11) is 0. The number of hydrogen-bond acceptors (Lipinski definition) is 5. The van der Waals surface area contributed by atoms with E-state index < -0.39 is 0 Å². The largest absolute Gasteiger partial charge is 0.368 e. The lowest BCUT2D eigenvalue weighted by Gasteiger charge is -2.36. The van der Waals surface area contributed by atoms with Gasteiger partial charge in [0.2, 0.25) is 0 Å². The lowest BCUT2D eigenvalue weighted by atomic mass is 10.2. The van der Waals surface area contributed by atoms with Crippen LogP contribution in [-0.4, -0.2) is 79.6 Å². The van der Waals surface area contributed by atoms with Crippen molar-refractivity contribution >= 4 is 17.4 Å². The summed E-state index contributed by atoms with van der Waals surface area (Å²) in [6.07, 6.45) is 1.74. The van der Waals surface area contributed by atoms with E-state index in [0.717, 1.165) is 64.7 Å². The zero-order valence-electron chi connectivity index (χ0n) is 16.6. The van der Waals surface area contributed by atoms with Gasteiger partial charge in [-0.25, -0.2) is 4.98 Å². The molecular weight excluding hydrogens is 350 g/mol. The molecule has 2 fully saturated rings. The summed E-state index contributed by atoms with van der Waals surface area (Å²) in [6.45, 7) is 10.7. The number of rotatable bonds is 4. The maximum atomic E-state index is 12.9. The Labute approximate surface area is 167 Å². The number of pyridine rings is 1. The molecule has 4 rings (SSSR count). The molecule has 0 aliphatic carbocycles. The molecule has 1 aromatic heterocycles. The monoisotopic (exact) mass is 379 g/mol. The van der Waals surface area contributed by atoms with Crippen molar-refractivity contribution in [3.63, 3.8) is 0 Å². The molecule has 3 heterocycles. The maximum Gasteiger partial charge on any atom is 0.255 e. The van der Waals surface area contributed by atoms with Crippen LogP contribution in [0, 0.1) is 0 Å². The second-order valence-corrected chi connectivity index (χ2v) is 7.44. The van der Waals surface area contributed by atoms with E-state index in [4.69, 9.17) is 0 Å². The molecule has 1 aromatic carbocycles. The Bertz CT molecular complexity index is 763. The molecule has 6 heteroatoms. The van der Waals surface area contributed by atoms with E-state index in [1.165, 1.54) is 5.69 Å². The Morgan fingerprint density at radius 2 is 1.54 bits per heavy atom. The van der Waals surface area contributed by atoms with Crippen LogP contribution in [0.2, 0.25) is 0 Å². The predicted molar refractivity (Wildman–Crippen MR) is 113 cm³/mol. The standard InChI is InChI=1S/C22H29N5O/c1-2-24-10-12-26(13-11-24)21-9-8-19(18-23-21)22(28)27-16-14-25(15-17-27)20-6-4-3-5-7-20/h3-9,18H,2,10-17H2,1H3. The number of amides is 1. The molecule has 0 radical (unpaired) electrons. The van der Waals surface area contributed by atoms with Gasteiger partial charge in [-0.15, -0.1) is 0 Å². The first-order chi connectivity index (χ1) is 13.7. The maximum absolute atomic E-state index is 12.9. The van der Waals surface area contributed by atoms with Crippen molar-refractivity contribution in [2.75, 3.05) is 68.7 Å². The third-order valence-corrected chi connectivity index (χ3v) is 5.83. The van der Waals surface area contributed by atoms with Gasteiger partial charge in [0.05, 0.1) is 5.56 Å². The highest BCUT2D eigenvalue weighted by Crippen LogP contribution is 2.18. The van der Waals surface area contributed by atoms with Crippen molar-refractivity contribution in [1.29, 1.82) is 0 Å². The molecule has 1 amide bonds. The van der Waals surface area contributed by atoms with E-state index in [9.17, 15) is 4.79 Å². The molecule has 0 unspecified atom stereocenters. The van der Waals surface area contributed by atoms with Crippen LogP contribution in [0.4, 0.5) is 11.5 Å². The van der Waals surface area contributed by atoms with Gasteiger partial charge in [0, 0.05) is 64.2 Å². The number of nitrogens with zero attached hydrogens (tertiary/aromatic N) is 5. The number of aromatic nitrogens is 1. The highest BCUT2D eigenvalue weighted by atomic mass is 16.2. The SMILES string of the molecule is CCN1CCN(c2ccc(C(=O)N3CCN(c4ccccc4)CC3)cn2)CC1. The van der Waals surface area contributed by atoms with Crippen molar-refractivity contribution in [3.05, 3.63) is 54.2 Å². The summed E-state index contributed by atoms with van der Waals surface area (Å²) in [5.41, 5.74) is 1.91. The van der Waals surface area contributed by atoms with E-state index in [-0.39, 0.29) is 5.91 Å². The molecule has 0 atom stereocenters. The molecule has 0 saturated carbocycles. The average Bonchev–Trinajstić information content (AvgIpc) is 2.79. The molecule has 6 nitrogen and oxygen atoms in total. The first-order valence-electron chi connectivity index (χ1n) is 10.3. The summed E-state index contributed by atoms with van der Waals surface area (Å²) >= 11 is 0. The first kappa shape index (κ1) is 18.7. The van der Waals surface area contributed by atoms with Gasteiger partial charge in [0.1, 0.15) is 5.82 Å². The minimum Gasteiger partial charge on any atom is -0.368 e. The molecule has 2 aromatic rings. The average molecular weight is 380 g/mol. The van der Waals surface area contributed by atoms with Gasteiger partial charge >= 0.3 is 0 Å². The quantitative estimate of drug-likeness (QED) is 0.815. The molecular formula is C22H29N5O. The second kappa shape index (κ2) is 8.61. The van der Waals surface area contributed by atoms with Gasteiger partial charge in [-0.2, -0.15) is 0 Å². The third-order valence-electron chi connectivity index (χ3n) is 5.83. The number of piperazine rings is 2. The molecule has 148 valence electrons. The minimum atomic E-state index is 0.0857. The number of likely N-dealkylation sites (N-methyl/N-ethyl adjacent to an activating group) is 1. The molecule has 2 aliphatic rings. The lowest BCUT2D eigenvalue weighted by Crippen LogP contribution is -2.48. The topological polar surface area (TPSA) is 42.9 Å². The van der Waals surface area contributed by atoms with E-state index in [1.807, 2.05) is 23.1 Å². The summed E-state index contributed by atoms with van der Waals surface area (Å²) in [4.78, 5) is 26.5. The van der Waals surface area contributed by atoms with Gasteiger partial charge in [-0.3, -0.25) is 4.79 Å². The zero-order chi connectivity index (χ0) is 19.3. The van der Waals surface area contributed by atoms with Crippen LogP contribution >= 0.6 is 0 Å². The summed E-state index contributed by atoms with van der Waals surface area (Å²) in [5.74, 6) is 1.06. The Hall–Kier alpha value is -2.60. The molecule has 2 aliphatic heterocycles. The van der Waals surface area contributed by atoms with Crippen LogP contribution in [0.1, 0.15) is 17.3 Å². The number of carbonyl (C=O) groups excluding carboxylic acids is 1. The van der Waals surface area contributed by atoms with E-state index in [2.05, 4.69) is 50.9 Å². The highest BCUT2D eigenvalue weighted by Gasteiger charge is 2.23. The van der Waals surface area contributed by atoms with E-state index >= 15 is 0 Å². The fourth-order valence-corrected chi connectivity index (χ4v) is 3.98. The second-order valence-electron chi connectivity index (χ2n) is 7.44. The van der Waals surface area contributed by atoms with Crippen molar-refractivity contribution in [3.8, 4) is 0 Å². The highest BCUT2D eigenvalue weighted by molar-refractivity contribution is 5.94. The summed E-state index contributed by atoms with van der Waals surface area (Å²) < 4.78 is 0. The van der Waals surface area contributed by atoms with Crippen LogP contribution < -0.4 is 9.80 Å². The Balaban J connectivity index is 1.33. The fraction of sp³-hybridized carbons (Fsp3) is 0.455. The van der Waals surface area contributed by atoms with Crippen LogP contribution in [-0.2, 0) is 0 Å².